The first-order valence-electron chi connectivity index (χ1n) is 8.23. The summed E-state index contributed by atoms with van der Waals surface area (Å²) >= 11 is 0. The maximum atomic E-state index is 12.1. The van der Waals surface area contributed by atoms with Gasteiger partial charge in [0.25, 0.3) is 0 Å². The monoisotopic (exact) mass is 320 g/mol. The van der Waals surface area contributed by atoms with E-state index in [-0.39, 0.29) is 11.8 Å². The molecule has 0 heterocycles. The number of benzene rings is 1. The van der Waals surface area contributed by atoms with Gasteiger partial charge in [-0.25, -0.2) is 4.79 Å². The van der Waals surface area contributed by atoms with Crippen LogP contribution in [-0.4, -0.2) is 30.2 Å². The Morgan fingerprint density at radius 2 is 1.57 bits per heavy atom. The Bertz CT molecular complexity index is 497. The smallest absolute Gasteiger partial charge is 0.404 e. The van der Waals surface area contributed by atoms with E-state index < -0.39 is 6.09 Å². The van der Waals surface area contributed by atoms with Crippen LogP contribution in [0.4, 0.5) is 4.79 Å². The van der Waals surface area contributed by atoms with Crippen LogP contribution in [-0.2, 0) is 11.2 Å². The second kappa shape index (κ2) is 9.87. The number of amides is 2. The zero-order valence-corrected chi connectivity index (χ0v) is 14.3. The lowest BCUT2D eigenvalue weighted by atomic mass is 9.96. The van der Waals surface area contributed by atoms with Crippen molar-refractivity contribution in [2.45, 2.75) is 46.0 Å². The summed E-state index contributed by atoms with van der Waals surface area (Å²) in [6, 6.07) is 8.24. The van der Waals surface area contributed by atoms with E-state index in [2.05, 4.69) is 36.6 Å². The minimum Gasteiger partial charge on any atom is -0.465 e. The van der Waals surface area contributed by atoms with Gasteiger partial charge < -0.3 is 15.7 Å². The normalized spacial score (nSPS) is 12.0. The third-order valence-corrected chi connectivity index (χ3v) is 3.70. The first-order chi connectivity index (χ1) is 10.9. The van der Waals surface area contributed by atoms with Gasteiger partial charge in [0.2, 0.25) is 5.91 Å². The minimum atomic E-state index is -1.01. The molecule has 0 aliphatic carbocycles. The van der Waals surface area contributed by atoms with Gasteiger partial charge in [0.05, 0.1) is 5.92 Å². The van der Waals surface area contributed by atoms with Gasteiger partial charge in [-0.1, -0.05) is 38.1 Å². The second-order valence-electron chi connectivity index (χ2n) is 6.29. The average molecular weight is 320 g/mol. The van der Waals surface area contributed by atoms with Crippen LogP contribution in [0.25, 0.3) is 0 Å². The van der Waals surface area contributed by atoms with Crippen LogP contribution < -0.4 is 10.6 Å². The lowest BCUT2D eigenvalue weighted by molar-refractivity contribution is -0.122. The maximum Gasteiger partial charge on any atom is 0.404 e. The number of carboxylic acid groups (broad SMARTS) is 1. The molecule has 0 radical (unpaired) electrons. The Balaban J connectivity index is 2.34. The summed E-state index contributed by atoms with van der Waals surface area (Å²) in [5.74, 6) is 0.449. The highest BCUT2D eigenvalue weighted by molar-refractivity contribution is 5.83. The highest BCUT2D eigenvalue weighted by Crippen LogP contribution is 2.17. The van der Waals surface area contributed by atoms with Crippen LogP contribution in [0.3, 0.4) is 0 Å². The van der Waals surface area contributed by atoms with Crippen molar-refractivity contribution in [1.82, 2.24) is 10.6 Å². The number of hydrogen-bond acceptors (Lipinski definition) is 2. The van der Waals surface area contributed by atoms with Crippen LogP contribution in [0.2, 0.25) is 0 Å². The predicted molar refractivity (Wildman–Crippen MR) is 91.7 cm³/mol. The van der Waals surface area contributed by atoms with E-state index >= 15 is 0 Å². The van der Waals surface area contributed by atoms with Crippen LogP contribution in [0.5, 0.6) is 0 Å². The molecule has 1 unspecified atom stereocenters. The molecule has 23 heavy (non-hydrogen) atoms. The van der Waals surface area contributed by atoms with Gasteiger partial charge in [-0.2, -0.15) is 0 Å². The van der Waals surface area contributed by atoms with Crippen LogP contribution in [0, 0.1) is 5.92 Å². The summed E-state index contributed by atoms with van der Waals surface area (Å²) in [5, 5.41) is 13.7. The predicted octanol–water partition coefficient (Wildman–Crippen LogP) is 3.15. The van der Waals surface area contributed by atoms with Crippen molar-refractivity contribution < 1.29 is 14.7 Å². The molecule has 1 aromatic rings. The van der Waals surface area contributed by atoms with Gasteiger partial charge in [-0.3, -0.25) is 4.79 Å². The van der Waals surface area contributed by atoms with E-state index in [0.717, 1.165) is 18.4 Å². The van der Waals surface area contributed by atoms with Gasteiger partial charge in [0, 0.05) is 13.1 Å². The van der Waals surface area contributed by atoms with Crippen LogP contribution in [0.15, 0.2) is 24.3 Å². The van der Waals surface area contributed by atoms with Crippen molar-refractivity contribution >= 4 is 12.0 Å². The van der Waals surface area contributed by atoms with Crippen molar-refractivity contribution in [3.8, 4) is 0 Å². The molecular formula is C18H28N2O3. The topological polar surface area (TPSA) is 78.4 Å². The molecule has 5 heteroatoms. The van der Waals surface area contributed by atoms with Gasteiger partial charge in [-0.15, -0.1) is 0 Å². The van der Waals surface area contributed by atoms with Crippen molar-refractivity contribution in [1.29, 1.82) is 0 Å². The Morgan fingerprint density at radius 3 is 2.09 bits per heavy atom. The van der Waals surface area contributed by atoms with Gasteiger partial charge in [0.15, 0.2) is 0 Å². The Labute approximate surface area is 138 Å². The number of unbranched alkanes of at least 4 members (excludes halogenated alkanes) is 1. The van der Waals surface area contributed by atoms with Crippen molar-refractivity contribution in [3.05, 3.63) is 35.4 Å². The standard InChI is InChI=1S/C18H28N2O3/c1-13(2)12-15-6-8-16(9-7-15)14(3)17(21)19-10-4-5-11-20-18(22)23/h6-9,13-14,20H,4-5,10-12H2,1-3H3,(H,19,21)(H,22,23). The molecule has 5 nitrogen and oxygen atoms in total. The van der Waals surface area contributed by atoms with E-state index in [1.54, 1.807) is 0 Å². The third-order valence-electron chi connectivity index (χ3n) is 3.70. The molecule has 0 aromatic heterocycles. The maximum absolute atomic E-state index is 12.1. The lowest BCUT2D eigenvalue weighted by Crippen LogP contribution is -2.29. The minimum absolute atomic E-state index is 0.00723. The molecule has 1 aromatic carbocycles. The molecule has 1 rings (SSSR count). The third kappa shape index (κ3) is 7.68. The van der Waals surface area contributed by atoms with Crippen LogP contribution >= 0.6 is 0 Å². The summed E-state index contributed by atoms with van der Waals surface area (Å²) < 4.78 is 0. The van der Waals surface area contributed by atoms with E-state index in [1.165, 1.54) is 5.56 Å². The summed E-state index contributed by atoms with van der Waals surface area (Å²) in [6.45, 7) is 7.26. The van der Waals surface area contributed by atoms with E-state index in [4.69, 9.17) is 5.11 Å². The van der Waals surface area contributed by atoms with Gasteiger partial charge in [0.1, 0.15) is 0 Å². The molecule has 2 amide bonds. The molecule has 0 aliphatic heterocycles. The zero-order valence-electron chi connectivity index (χ0n) is 14.3. The Hall–Kier alpha value is -2.04. The lowest BCUT2D eigenvalue weighted by Gasteiger charge is -2.13. The fourth-order valence-corrected chi connectivity index (χ4v) is 2.38. The fraction of sp³-hybridized carbons (Fsp3) is 0.556. The molecule has 1 atom stereocenters. The number of carbonyl (C=O) groups excluding carboxylic acids is 1. The van der Waals surface area contributed by atoms with Gasteiger partial charge in [-0.05, 0) is 43.2 Å². The number of nitrogens with one attached hydrogen (secondary N) is 2. The first-order valence-corrected chi connectivity index (χ1v) is 8.23. The first kappa shape index (κ1) is 19.0. The van der Waals surface area contributed by atoms with Crippen molar-refractivity contribution in [2.24, 2.45) is 5.92 Å². The van der Waals surface area contributed by atoms with Crippen molar-refractivity contribution in [2.75, 3.05) is 13.1 Å². The zero-order chi connectivity index (χ0) is 17.2. The van der Waals surface area contributed by atoms with Crippen molar-refractivity contribution in [3.63, 3.8) is 0 Å². The molecule has 128 valence electrons. The second-order valence-corrected chi connectivity index (χ2v) is 6.29. The fourth-order valence-electron chi connectivity index (χ4n) is 2.38. The molecule has 0 saturated heterocycles. The molecule has 3 N–H and O–H groups in total. The van der Waals surface area contributed by atoms with Crippen LogP contribution in [0.1, 0.15) is 50.7 Å². The number of rotatable bonds is 9. The highest BCUT2D eigenvalue weighted by atomic mass is 16.4. The summed E-state index contributed by atoms with van der Waals surface area (Å²) in [5.41, 5.74) is 2.31. The van der Waals surface area contributed by atoms with E-state index in [0.29, 0.717) is 25.4 Å². The summed E-state index contributed by atoms with van der Waals surface area (Å²) in [4.78, 5) is 22.4. The highest BCUT2D eigenvalue weighted by Gasteiger charge is 2.14. The molecule has 0 aliphatic rings. The molecule has 0 bridgehead atoms. The Kier molecular flexibility index (Phi) is 8.16. The summed E-state index contributed by atoms with van der Waals surface area (Å²) in [6.07, 6.45) is 1.51. The van der Waals surface area contributed by atoms with E-state index in [1.807, 2.05) is 19.1 Å². The number of carbonyl (C=O) groups is 2. The quantitative estimate of drug-likeness (QED) is 0.612. The average Bonchev–Trinajstić information content (AvgIpc) is 2.49. The van der Waals surface area contributed by atoms with Gasteiger partial charge >= 0.3 is 6.09 Å². The molecule has 0 spiro atoms. The number of hydrogen-bond donors (Lipinski definition) is 3. The molecule has 0 fully saturated rings. The summed E-state index contributed by atoms with van der Waals surface area (Å²) in [7, 11) is 0. The van der Waals surface area contributed by atoms with E-state index in [9.17, 15) is 9.59 Å². The Morgan fingerprint density at radius 1 is 1.00 bits per heavy atom. The SMILES string of the molecule is CC(C)Cc1ccc(C(C)C(=O)NCCCCNC(=O)O)cc1. The molecule has 0 saturated carbocycles. The largest absolute Gasteiger partial charge is 0.465 e. The molecular weight excluding hydrogens is 292 g/mol.